The molecule has 0 aliphatic rings. The average molecular weight is 439 g/mol. The molecule has 4 aromatic rings. The Morgan fingerprint density at radius 3 is 2.67 bits per heavy atom. The van der Waals surface area contributed by atoms with Gasteiger partial charge in [0, 0.05) is 30.0 Å². The van der Waals surface area contributed by atoms with E-state index in [1.807, 2.05) is 66.3 Å². The Bertz CT molecular complexity index is 1160. The number of nitrogens with one attached hydrogen (secondary N) is 1. The highest BCUT2D eigenvalue weighted by atomic mass is 35.5. The first-order chi connectivity index (χ1) is 14.6. The van der Waals surface area contributed by atoms with Gasteiger partial charge in [-0.3, -0.25) is 10.1 Å². The van der Waals surface area contributed by atoms with Crippen molar-refractivity contribution in [2.45, 2.75) is 6.61 Å². The normalized spacial score (nSPS) is 10.9. The SMILES string of the molecule is Cn1ccnc1-c1sc(NC(=O)COCc2ccccc2Cl)nc1-c1ccccc1. The summed E-state index contributed by atoms with van der Waals surface area (Å²) in [4.78, 5) is 22.4. The van der Waals surface area contributed by atoms with Gasteiger partial charge < -0.3 is 9.30 Å². The number of imidazole rings is 1. The first kappa shape index (κ1) is 20.3. The van der Waals surface area contributed by atoms with E-state index < -0.39 is 0 Å². The molecule has 30 heavy (non-hydrogen) atoms. The molecule has 0 aliphatic carbocycles. The van der Waals surface area contributed by atoms with Gasteiger partial charge in [-0.2, -0.15) is 0 Å². The van der Waals surface area contributed by atoms with Crippen molar-refractivity contribution in [2.75, 3.05) is 11.9 Å². The summed E-state index contributed by atoms with van der Waals surface area (Å²) in [7, 11) is 1.93. The lowest BCUT2D eigenvalue weighted by Crippen LogP contribution is -2.18. The maximum Gasteiger partial charge on any atom is 0.252 e. The zero-order chi connectivity index (χ0) is 20.9. The van der Waals surface area contributed by atoms with Crippen LogP contribution in [0.1, 0.15) is 5.56 Å². The Labute approximate surface area is 183 Å². The highest BCUT2D eigenvalue weighted by Gasteiger charge is 2.19. The van der Waals surface area contributed by atoms with Crippen molar-refractivity contribution in [1.82, 2.24) is 14.5 Å². The number of hydrogen-bond donors (Lipinski definition) is 1. The van der Waals surface area contributed by atoms with Crippen LogP contribution in [0.25, 0.3) is 22.0 Å². The van der Waals surface area contributed by atoms with E-state index in [1.54, 1.807) is 12.3 Å². The molecule has 0 spiro atoms. The van der Waals surface area contributed by atoms with Crippen molar-refractivity contribution in [1.29, 1.82) is 0 Å². The first-order valence-corrected chi connectivity index (χ1v) is 10.5. The lowest BCUT2D eigenvalue weighted by molar-refractivity contribution is -0.121. The van der Waals surface area contributed by atoms with E-state index in [4.69, 9.17) is 16.3 Å². The molecule has 0 aliphatic heterocycles. The Morgan fingerprint density at radius 1 is 1.17 bits per heavy atom. The molecule has 0 atom stereocenters. The standard InChI is InChI=1S/C22H19ClN4O2S/c1-27-12-11-24-21(27)20-19(15-7-3-2-4-8-15)26-22(30-20)25-18(28)14-29-13-16-9-5-6-10-17(16)23/h2-12H,13-14H2,1H3,(H,25,26,28). The minimum atomic E-state index is -0.276. The number of benzene rings is 2. The molecule has 2 aromatic heterocycles. The number of amides is 1. The smallest absolute Gasteiger partial charge is 0.252 e. The average Bonchev–Trinajstić information content (AvgIpc) is 3.36. The summed E-state index contributed by atoms with van der Waals surface area (Å²) in [5, 5.41) is 3.94. The van der Waals surface area contributed by atoms with Crippen LogP contribution in [0.15, 0.2) is 67.0 Å². The minimum absolute atomic E-state index is 0.0940. The number of aryl methyl sites for hydroxylation is 1. The molecule has 0 radical (unpaired) electrons. The Balaban J connectivity index is 1.49. The van der Waals surface area contributed by atoms with Crippen molar-refractivity contribution in [3.05, 3.63) is 77.6 Å². The molecule has 4 rings (SSSR count). The Hall–Kier alpha value is -3.00. The predicted octanol–water partition coefficient (Wildman–Crippen LogP) is 5.02. The molecule has 1 N–H and O–H groups in total. The molecule has 2 aromatic carbocycles. The van der Waals surface area contributed by atoms with Crippen molar-refractivity contribution in [3.63, 3.8) is 0 Å². The van der Waals surface area contributed by atoms with Crippen LogP contribution in [0, 0.1) is 0 Å². The molecular weight excluding hydrogens is 420 g/mol. The molecular formula is C22H19ClN4O2S. The highest BCUT2D eigenvalue weighted by molar-refractivity contribution is 7.19. The quantitative estimate of drug-likeness (QED) is 0.440. The third-order valence-electron chi connectivity index (χ3n) is 4.39. The van der Waals surface area contributed by atoms with Gasteiger partial charge in [0.15, 0.2) is 11.0 Å². The number of nitrogens with zero attached hydrogens (tertiary/aromatic N) is 3. The highest BCUT2D eigenvalue weighted by Crippen LogP contribution is 2.38. The van der Waals surface area contributed by atoms with Gasteiger partial charge in [-0.1, -0.05) is 71.5 Å². The number of hydrogen-bond acceptors (Lipinski definition) is 5. The number of anilines is 1. The van der Waals surface area contributed by atoms with Crippen LogP contribution < -0.4 is 5.32 Å². The van der Waals surface area contributed by atoms with Gasteiger partial charge in [0.05, 0.1) is 17.2 Å². The van der Waals surface area contributed by atoms with Crippen LogP contribution in [0.4, 0.5) is 5.13 Å². The number of carbonyl (C=O) groups excluding carboxylic acids is 1. The second kappa shape index (κ2) is 9.21. The Kier molecular flexibility index (Phi) is 6.23. The number of carbonyl (C=O) groups is 1. The lowest BCUT2D eigenvalue weighted by Gasteiger charge is -2.05. The van der Waals surface area contributed by atoms with Crippen LogP contribution in [-0.4, -0.2) is 27.0 Å². The van der Waals surface area contributed by atoms with Gasteiger partial charge in [0.2, 0.25) is 0 Å². The molecule has 152 valence electrons. The minimum Gasteiger partial charge on any atom is -0.367 e. The maximum absolute atomic E-state index is 12.4. The molecule has 0 saturated carbocycles. The summed E-state index contributed by atoms with van der Waals surface area (Å²) in [6.07, 6.45) is 3.62. The van der Waals surface area contributed by atoms with E-state index in [-0.39, 0.29) is 19.1 Å². The van der Waals surface area contributed by atoms with E-state index in [0.29, 0.717) is 10.2 Å². The van der Waals surface area contributed by atoms with Crippen LogP contribution in [0.3, 0.4) is 0 Å². The topological polar surface area (TPSA) is 69.0 Å². The Morgan fingerprint density at radius 2 is 1.93 bits per heavy atom. The molecule has 0 unspecified atom stereocenters. The number of thiazole rings is 1. The third-order valence-corrected chi connectivity index (χ3v) is 5.73. The summed E-state index contributed by atoms with van der Waals surface area (Å²) < 4.78 is 7.44. The zero-order valence-electron chi connectivity index (χ0n) is 16.2. The first-order valence-electron chi connectivity index (χ1n) is 9.27. The van der Waals surface area contributed by atoms with Crippen molar-refractivity contribution in [2.24, 2.45) is 7.05 Å². The van der Waals surface area contributed by atoms with Gasteiger partial charge >= 0.3 is 0 Å². The van der Waals surface area contributed by atoms with Gasteiger partial charge in [-0.05, 0) is 11.6 Å². The van der Waals surface area contributed by atoms with Crippen molar-refractivity contribution in [3.8, 4) is 22.0 Å². The summed E-state index contributed by atoms with van der Waals surface area (Å²) in [5.74, 6) is 0.517. The van der Waals surface area contributed by atoms with E-state index in [9.17, 15) is 4.79 Å². The summed E-state index contributed by atoms with van der Waals surface area (Å²) in [6.45, 7) is 0.169. The van der Waals surface area contributed by atoms with E-state index in [1.165, 1.54) is 11.3 Å². The predicted molar refractivity (Wildman–Crippen MR) is 119 cm³/mol. The fourth-order valence-corrected chi connectivity index (χ4v) is 4.16. The van der Waals surface area contributed by atoms with Crippen LogP contribution in [-0.2, 0) is 23.2 Å². The van der Waals surface area contributed by atoms with Crippen LogP contribution in [0.5, 0.6) is 0 Å². The fraction of sp³-hybridized carbons (Fsp3) is 0.136. The van der Waals surface area contributed by atoms with E-state index in [0.717, 1.165) is 27.5 Å². The summed E-state index contributed by atoms with van der Waals surface area (Å²) >= 11 is 7.50. The molecule has 1 amide bonds. The lowest BCUT2D eigenvalue weighted by atomic mass is 10.1. The van der Waals surface area contributed by atoms with Crippen LogP contribution in [0.2, 0.25) is 5.02 Å². The van der Waals surface area contributed by atoms with E-state index >= 15 is 0 Å². The molecule has 0 saturated heterocycles. The number of ether oxygens (including phenoxy) is 1. The second-order valence-corrected chi connectivity index (χ2v) is 7.96. The monoisotopic (exact) mass is 438 g/mol. The van der Waals surface area contributed by atoms with Gasteiger partial charge in [-0.25, -0.2) is 9.97 Å². The second-order valence-electron chi connectivity index (χ2n) is 6.56. The molecule has 0 fully saturated rings. The number of aromatic nitrogens is 3. The molecule has 0 bridgehead atoms. The van der Waals surface area contributed by atoms with E-state index in [2.05, 4.69) is 15.3 Å². The van der Waals surface area contributed by atoms with Crippen molar-refractivity contribution >= 4 is 34.0 Å². The number of rotatable bonds is 7. The molecule has 2 heterocycles. The number of halogens is 1. The third kappa shape index (κ3) is 4.59. The maximum atomic E-state index is 12.4. The zero-order valence-corrected chi connectivity index (χ0v) is 17.8. The summed E-state index contributed by atoms with van der Waals surface area (Å²) in [5.41, 5.74) is 2.58. The molecule has 8 heteroatoms. The van der Waals surface area contributed by atoms with Crippen molar-refractivity contribution < 1.29 is 9.53 Å². The van der Waals surface area contributed by atoms with Crippen LogP contribution >= 0.6 is 22.9 Å². The van der Waals surface area contributed by atoms with Gasteiger partial charge in [-0.15, -0.1) is 0 Å². The van der Waals surface area contributed by atoms with Gasteiger partial charge in [0.1, 0.15) is 6.61 Å². The van der Waals surface area contributed by atoms with Gasteiger partial charge in [0.25, 0.3) is 5.91 Å². The summed E-state index contributed by atoms with van der Waals surface area (Å²) in [6, 6.07) is 17.2. The fourth-order valence-electron chi connectivity index (χ4n) is 2.93. The largest absolute Gasteiger partial charge is 0.367 e. The molecule has 6 nitrogen and oxygen atoms in total.